The molecular formula is C6H14NO. The number of hydroxylamine groups is 2. The van der Waals surface area contributed by atoms with Crippen molar-refractivity contribution in [1.29, 1.82) is 0 Å². The quantitative estimate of drug-likeness (QED) is 0.512. The van der Waals surface area contributed by atoms with Crippen LogP contribution in [0.3, 0.4) is 0 Å². The molecule has 0 rings (SSSR count). The molecular weight excluding hydrogens is 102 g/mol. The molecule has 2 nitrogen and oxygen atoms in total. The smallest absolute Gasteiger partial charge is 0.0327 e. The normalized spacial score (nSPS) is 11.2. The van der Waals surface area contributed by atoms with E-state index in [-0.39, 0.29) is 6.04 Å². The van der Waals surface area contributed by atoms with Crippen molar-refractivity contribution in [1.82, 2.24) is 5.06 Å². The Morgan fingerprint density at radius 3 is 2.12 bits per heavy atom. The molecule has 0 aromatic heterocycles. The van der Waals surface area contributed by atoms with Gasteiger partial charge in [0.25, 0.3) is 0 Å². The van der Waals surface area contributed by atoms with Gasteiger partial charge in [0.1, 0.15) is 0 Å². The number of hydrogen-bond donors (Lipinski definition) is 0. The molecule has 2 heteroatoms. The van der Waals surface area contributed by atoms with Crippen molar-refractivity contribution in [2.45, 2.75) is 33.2 Å². The summed E-state index contributed by atoms with van der Waals surface area (Å²) in [5, 5.41) is 11.8. The molecule has 49 valence electrons. The van der Waals surface area contributed by atoms with Crippen LogP contribution in [-0.4, -0.2) is 17.6 Å². The van der Waals surface area contributed by atoms with Crippen LogP contribution in [0.5, 0.6) is 0 Å². The maximum Gasteiger partial charge on any atom is 0.0327 e. The van der Waals surface area contributed by atoms with Gasteiger partial charge >= 0.3 is 0 Å². The summed E-state index contributed by atoms with van der Waals surface area (Å²) in [6, 6.07) is 0.148. The minimum atomic E-state index is 0.148. The fraction of sp³-hybridized carbons (Fsp3) is 1.00. The fourth-order valence-electron chi connectivity index (χ4n) is 0.479. The van der Waals surface area contributed by atoms with Crippen molar-refractivity contribution < 1.29 is 5.21 Å². The summed E-state index contributed by atoms with van der Waals surface area (Å²) in [5.74, 6) is 0. The summed E-state index contributed by atoms with van der Waals surface area (Å²) in [6.07, 6.45) is 0.946. The first-order chi connectivity index (χ1) is 3.68. The van der Waals surface area contributed by atoms with Gasteiger partial charge in [0.05, 0.1) is 0 Å². The predicted molar refractivity (Wildman–Crippen MR) is 32.8 cm³/mol. The molecule has 0 aromatic rings. The van der Waals surface area contributed by atoms with Crippen LogP contribution in [0.2, 0.25) is 0 Å². The van der Waals surface area contributed by atoms with Gasteiger partial charge in [0.15, 0.2) is 0 Å². The summed E-state index contributed by atoms with van der Waals surface area (Å²) < 4.78 is 0. The summed E-state index contributed by atoms with van der Waals surface area (Å²) in [7, 11) is 0. The van der Waals surface area contributed by atoms with Crippen LogP contribution in [0, 0.1) is 0 Å². The molecule has 0 saturated carbocycles. The Hall–Kier alpha value is -0.0800. The van der Waals surface area contributed by atoms with Crippen LogP contribution in [0.1, 0.15) is 27.2 Å². The molecule has 0 heterocycles. The van der Waals surface area contributed by atoms with Gasteiger partial charge in [-0.25, -0.2) is 0 Å². The van der Waals surface area contributed by atoms with Gasteiger partial charge in [-0.05, 0) is 20.3 Å². The number of hydrogen-bond acceptors (Lipinski definition) is 1. The van der Waals surface area contributed by atoms with Crippen molar-refractivity contribution in [2.24, 2.45) is 0 Å². The van der Waals surface area contributed by atoms with E-state index in [0.29, 0.717) is 6.54 Å². The largest absolute Gasteiger partial charge is 0.153 e. The second-order valence-corrected chi connectivity index (χ2v) is 2.23. The molecule has 0 fully saturated rings. The summed E-state index contributed by atoms with van der Waals surface area (Å²) in [6.45, 7) is 6.48. The highest BCUT2D eigenvalue weighted by atomic mass is 16.5. The van der Waals surface area contributed by atoms with E-state index in [9.17, 15) is 5.21 Å². The molecule has 0 aliphatic carbocycles. The Bertz CT molecular complexity index is 54.5. The van der Waals surface area contributed by atoms with E-state index >= 15 is 0 Å². The maximum atomic E-state index is 10.7. The SMILES string of the molecule is CCCN([O])C(C)C. The molecule has 0 aromatic carbocycles. The van der Waals surface area contributed by atoms with Gasteiger partial charge in [-0.15, -0.1) is 5.21 Å². The minimum absolute atomic E-state index is 0.148. The fourth-order valence-corrected chi connectivity index (χ4v) is 0.479. The molecule has 0 amide bonds. The Morgan fingerprint density at radius 2 is 2.00 bits per heavy atom. The van der Waals surface area contributed by atoms with Crippen LogP contribution in [-0.2, 0) is 5.21 Å². The first-order valence-electron chi connectivity index (χ1n) is 3.12. The Labute approximate surface area is 51.1 Å². The third-order valence-electron chi connectivity index (χ3n) is 1.02. The van der Waals surface area contributed by atoms with E-state index in [2.05, 4.69) is 0 Å². The van der Waals surface area contributed by atoms with Crippen LogP contribution >= 0.6 is 0 Å². The lowest BCUT2D eigenvalue weighted by molar-refractivity contribution is -0.178. The highest BCUT2D eigenvalue weighted by molar-refractivity contribution is 4.47. The van der Waals surface area contributed by atoms with Crippen molar-refractivity contribution in [3.05, 3.63) is 0 Å². The zero-order valence-corrected chi connectivity index (χ0v) is 5.85. The molecule has 1 radical (unpaired) electrons. The van der Waals surface area contributed by atoms with E-state index in [1.807, 2.05) is 20.8 Å². The molecule has 0 bridgehead atoms. The highest BCUT2D eigenvalue weighted by Gasteiger charge is 2.03. The Balaban J connectivity index is 3.17. The second kappa shape index (κ2) is 3.87. The van der Waals surface area contributed by atoms with Crippen LogP contribution in [0.4, 0.5) is 0 Å². The summed E-state index contributed by atoms with van der Waals surface area (Å²) >= 11 is 0. The Kier molecular flexibility index (Phi) is 3.83. The molecule has 0 aliphatic heterocycles. The van der Waals surface area contributed by atoms with Gasteiger partial charge in [-0.3, -0.25) is 0 Å². The first-order valence-corrected chi connectivity index (χ1v) is 3.12. The lowest BCUT2D eigenvalue weighted by Gasteiger charge is -2.13. The van der Waals surface area contributed by atoms with Gasteiger partial charge < -0.3 is 0 Å². The van der Waals surface area contributed by atoms with E-state index in [0.717, 1.165) is 11.5 Å². The molecule has 0 spiro atoms. The van der Waals surface area contributed by atoms with Crippen molar-refractivity contribution in [2.75, 3.05) is 6.54 Å². The zero-order valence-electron chi connectivity index (χ0n) is 5.85. The molecule has 0 unspecified atom stereocenters. The number of rotatable bonds is 3. The zero-order chi connectivity index (χ0) is 6.57. The van der Waals surface area contributed by atoms with Gasteiger partial charge in [-0.2, -0.15) is 5.06 Å². The second-order valence-electron chi connectivity index (χ2n) is 2.23. The standard InChI is InChI=1S/C6H14NO/c1-4-5-7(8)6(2)3/h6H,4-5H2,1-3H3. The van der Waals surface area contributed by atoms with E-state index in [1.54, 1.807) is 0 Å². The summed E-state index contributed by atoms with van der Waals surface area (Å²) in [4.78, 5) is 0. The molecule has 0 N–H and O–H groups in total. The molecule has 0 saturated heterocycles. The molecule has 0 atom stereocenters. The highest BCUT2D eigenvalue weighted by Crippen LogP contribution is 1.93. The minimum Gasteiger partial charge on any atom is -0.153 e. The molecule has 0 aliphatic rings. The average Bonchev–Trinajstić information content (AvgIpc) is 1.67. The Morgan fingerprint density at radius 1 is 1.50 bits per heavy atom. The number of nitrogens with zero attached hydrogens (tertiary/aromatic N) is 1. The van der Waals surface area contributed by atoms with Crippen molar-refractivity contribution in [3.8, 4) is 0 Å². The lowest BCUT2D eigenvalue weighted by atomic mass is 10.3. The van der Waals surface area contributed by atoms with Crippen molar-refractivity contribution in [3.63, 3.8) is 0 Å². The third-order valence-corrected chi connectivity index (χ3v) is 1.02. The summed E-state index contributed by atoms with van der Waals surface area (Å²) in [5.41, 5.74) is 0. The van der Waals surface area contributed by atoms with Gasteiger partial charge in [0.2, 0.25) is 0 Å². The van der Waals surface area contributed by atoms with Crippen LogP contribution in [0.15, 0.2) is 0 Å². The van der Waals surface area contributed by atoms with Gasteiger partial charge in [0, 0.05) is 12.6 Å². The lowest BCUT2D eigenvalue weighted by Crippen LogP contribution is -2.25. The van der Waals surface area contributed by atoms with Crippen LogP contribution < -0.4 is 0 Å². The molecule has 8 heavy (non-hydrogen) atoms. The topological polar surface area (TPSA) is 23.1 Å². The van der Waals surface area contributed by atoms with Crippen molar-refractivity contribution >= 4 is 0 Å². The van der Waals surface area contributed by atoms with E-state index in [4.69, 9.17) is 0 Å². The third kappa shape index (κ3) is 2.99. The van der Waals surface area contributed by atoms with Crippen LogP contribution in [0.25, 0.3) is 0 Å². The van der Waals surface area contributed by atoms with E-state index < -0.39 is 0 Å². The monoisotopic (exact) mass is 116 g/mol. The maximum absolute atomic E-state index is 10.7. The predicted octanol–water partition coefficient (Wildman–Crippen LogP) is 1.45. The van der Waals surface area contributed by atoms with E-state index in [1.165, 1.54) is 0 Å². The van der Waals surface area contributed by atoms with Gasteiger partial charge in [-0.1, -0.05) is 6.92 Å². The first kappa shape index (κ1) is 7.92. The average molecular weight is 116 g/mol.